The van der Waals surface area contributed by atoms with Crippen LogP contribution in [0.4, 0.5) is 0 Å². The van der Waals surface area contributed by atoms with Crippen LogP contribution in [0, 0.1) is 11.8 Å². The highest BCUT2D eigenvalue weighted by molar-refractivity contribution is 5.87. The summed E-state index contributed by atoms with van der Waals surface area (Å²) in [6, 6.07) is 0. The molecule has 16 heavy (non-hydrogen) atoms. The summed E-state index contributed by atoms with van der Waals surface area (Å²) >= 11 is 0. The van der Waals surface area contributed by atoms with Gasteiger partial charge in [-0.05, 0) is 19.3 Å². The summed E-state index contributed by atoms with van der Waals surface area (Å²) in [7, 11) is 0. The van der Waals surface area contributed by atoms with Gasteiger partial charge in [-0.15, -0.1) is 0 Å². The lowest BCUT2D eigenvalue weighted by Gasteiger charge is -2.28. The average Bonchev–Trinajstić information content (AvgIpc) is 2.16. The SMILES string of the molecule is CCC[C@](C)(NC(=O)[C@H](C)C(C)C)C(=O)O. The highest BCUT2D eigenvalue weighted by Gasteiger charge is 2.35. The second-order valence-electron chi connectivity index (χ2n) is 4.91. The topological polar surface area (TPSA) is 66.4 Å². The molecule has 0 bridgehead atoms. The van der Waals surface area contributed by atoms with Gasteiger partial charge in [0.1, 0.15) is 5.54 Å². The maximum atomic E-state index is 11.8. The number of hydrogen-bond acceptors (Lipinski definition) is 2. The molecular weight excluding hydrogens is 206 g/mol. The number of aliphatic carboxylic acids is 1. The van der Waals surface area contributed by atoms with Crippen LogP contribution < -0.4 is 5.32 Å². The Labute approximate surface area is 97.4 Å². The monoisotopic (exact) mass is 229 g/mol. The Bertz CT molecular complexity index is 263. The Morgan fingerprint density at radius 2 is 1.81 bits per heavy atom. The minimum absolute atomic E-state index is 0.171. The first kappa shape index (κ1) is 14.9. The van der Waals surface area contributed by atoms with Gasteiger partial charge in [0.25, 0.3) is 0 Å². The highest BCUT2D eigenvalue weighted by Crippen LogP contribution is 2.16. The molecule has 2 N–H and O–H groups in total. The van der Waals surface area contributed by atoms with Gasteiger partial charge < -0.3 is 10.4 Å². The van der Waals surface area contributed by atoms with Crippen LogP contribution in [0.1, 0.15) is 47.5 Å². The lowest BCUT2D eigenvalue weighted by Crippen LogP contribution is -2.53. The number of carbonyl (C=O) groups excluding carboxylic acids is 1. The van der Waals surface area contributed by atoms with E-state index in [0.29, 0.717) is 6.42 Å². The molecule has 0 radical (unpaired) electrons. The predicted octanol–water partition coefficient (Wildman–Crippen LogP) is 2.04. The van der Waals surface area contributed by atoms with Crippen LogP contribution in [0.25, 0.3) is 0 Å². The summed E-state index contributed by atoms with van der Waals surface area (Å²) in [4.78, 5) is 22.9. The smallest absolute Gasteiger partial charge is 0.329 e. The fraction of sp³-hybridized carbons (Fsp3) is 0.833. The van der Waals surface area contributed by atoms with Crippen LogP contribution in [0.3, 0.4) is 0 Å². The van der Waals surface area contributed by atoms with Gasteiger partial charge in [-0.2, -0.15) is 0 Å². The fourth-order valence-corrected chi connectivity index (χ4v) is 1.41. The molecule has 1 amide bonds. The minimum atomic E-state index is -1.14. The quantitative estimate of drug-likeness (QED) is 0.732. The number of carboxylic acid groups (broad SMARTS) is 1. The molecule has 0 aliphatic carbocycles. The molecule has 0 aromatic rings. The molecule has 4 nitrogen and oxygen atoms in total. The zero-order valence-corrected chi connectivity index (χ0v) is 10.8. The van der Waals surface area contributed by atoms with Gasteiger partial charge in [0.05, 0.1) is 0 Å². The zero-order chi connectivity index (χ0) is 12.9. The minimum Gasteiger partial charge on any atom is -0.480 e. The molecule has 0 spiro atoms. The zero-order valence-electron chi connectivity index (χ0n) is 10.8. The van der Waals surface area contributed by atoms with Gasteiger partial charge in [0, 0.05) is 5.92 Å². The largest absolute Gasteiger partial charge is 0.480 e. The molecule has 4 heteroatoms. The van der Waals surface area contributed by atoms with Crippen molar-refractivity contribution in [3.8, 4) is 0 Å². The number of nitrogens with one attached hydrogen (secondary N) is 1. The lowest BCUT2D eigenvalue weighted by atomic mass is 9.92. The molecule has 0 saturated heterocycles. The molecule has 0 fully saturated rings. The van der Waals surface area contributed by atoms with E-state index in [4.69, 9.17) is 5.11 Å². The summed E-state index contributed by atoms with van der Waals surface area (Å²) in [5.41, 5.74) is -1.14. The Morgan fingerprint density at radius 3 is 2.12 bits per heavy atom. The second-order valence-corrected chi connectivity index (χ2v) is 4.91. The van der Waals surface area contributed by atoms with Crippen LogP contribution in [0.2, 0.25) is 0 Å². The van der Waals surface area contributed by atoms with Gasteiger partial charge in [-0.3, -0.25) is 4.79 Å². The van der Waals surface area contributed by atoms with Crippen molar-refractivity contribution < 1.29 is 14.7 Å². The van der Waals surface area contributed by atoms with Gasteiger partial charge in [0.15, 0.2) is 0 Å². The van der Waals surface area contributed by atoms with E-state index in [1.54, 1.807) is 6.92 Å². The van der Waals surface area contributed by atoms with Gasteiger partial charge in [-0.1, -0.05) is 34.1 Å². The lowest BCUT2D eigenvalue weighted by molar-refractivity contribution is -0.148. The van der Waals surface area contributed by atoms with Crippen molar-refractivity contribution in [2.24, 2.45) is 11.8 Å². The molecule has 0 rings (SSSR count). The molecule has 0 aromatic heterocycles. The van der Waals surface area contributed by atoms with E-state index in [9.17, 15) is 9.59 Å². The first-order chi connectivity index (χ1) is 7.24. The average molecular weight is 229 g/mol. The van der Waals surface area contributed by atoms with Crippen LogP contribution >= 0.6 is 0 Å². The number of carboxylic acids is 1. The molecule has 0 aliphatic rings. The number of hydrogen-bond donors (Lipinski definition) is 2. The normalized spacial score (nSPS) is 16.6. The second kappa shape index (κ2) is 5.87. The number of amides is 1. The first-order valence-electron chi connectivity index (χ1n) is 5.80. The molecule has 0 saturated carbocycles. The van der Waals surface area contributed by atoms with Crippen molar-refractivity contribution in [2.75, 3.05) is 0 Å². The summed E-state index contributed by atoms with van der Waals surface area (Å²) in [6.07, 6.45) is 1.16. The molecule has 0 heterocycles. The van der Waals surface area contributed by atoms with Crippen LogP contribution in [0.5, 0.6) is 0 Å². The summed E-state index contributed by atoms with van der Waals surface area (Å²) in [5, 5.41) is 11.8. The highest BCUT2D eigenvalue weighted by atomic mass is 16.4. The van der Waals surface area contributed by atoms with Gasteiger partial charge >= 0.3 is 5.97 Å². The number of carbonyl (C=O) groups is 2. The van der Waals surface area contributed by atoms with Crippen LogP contribution in [-0.2, 0) is 9.59 Å². The van der Waals surface area contributed by atoms with Crippen molar-refractivity contribution in [3.63, 3.8) is 0 Å². The van der Waals surface area contributed by atoms with Crippen molar-refractivity contribution in [1.82, 2.24) is 5.32 Å². The van der Waals surface area contributed by atoms with Gasteiger partial charge in [0.2, 0.25) is 5.91 Å². The van der Waals surface area contributed by atoms with E-state index >= 15 is 0 Å². The summed E-state index contributed by atoms with van der Waals surface area (Å²) < 4.78 is 0. The third-order valence-electron chi connectivity index (χ3n) is 3.03. The third kappa shape index (κ3) is 3.83. The third-order valence-corrected chi connectivity index (χ3v) is 3.03. The van der Waals surface area contributed by atoms with Crippen LogP contribution in [-0.4, -0.2) is 22.5 Å². The standard InChI is InChI=1S/C12H23NO3/c1-6-7-12(5,11(15)16)13-10(14)9(4)8(2)3/h8-9H,6-7H2,1-5H3,(H,13,14)(H,15,16)/t9-,12+/m1/s1. The summed E-state index contributed by atoms with van der Waals surface area (Å²) in [5.74, 6) is -1.12. The maximum Gasteiger partial charge on any atom is 0.329 e. The van der Waals surface area contributed by atoms with Crippen molar-refractivity contribution in [2.45, 2.75) is 53.0 Å². The van der Waals surface area contributed by atoms with Gasteiger partial charge in [-0.25, -0.2) is 4.79 Å². The van der Waals surface area contributed by atoms with E-state index in [0.717, 1.165) is 6.42 Å². The van der Waals surface area contributed by atoms with E-state index in [1.807, 2.05) is 27.7 Å². The fourth-order valence-electron chi connectivity index (χ4n) is 1.41. The molecule has 0 aliphatic heterocycles. The van der Waals surface area contributed by atoms with Crippen molar-refractivity contribution in [3.05, 3.63) is 0 Å². The Hall–Kier alpha value is -1.06. The Morgan fingerprint density at radius 1 is 1.31 bits per heavy atom. The summed E-state index contributed by atoms with van der Waals surface area (Å²) in [6.45, 7) is 9.17. The maximum absolute atomic E-state index is 11.8. The molecular formula is C12H23NO3. The number of rotatable bonds is 6. The molecule has 0 unspecified atom stereocenters. The van der Waals surface area contributed by atoms with E-state index < -0.39 is 11.5 Å². The van der Waals surface area contributed by atoms with Crippen molar-refractivity contribution in [1.29, 1.82) is 0 Å². The molecule has 2 atom stereocenters. The predicted molar refractivity (Wildman–Crippen MR) is 63.1 cm³/mol. The van der Waals surface area contributed by atoms with E-state index in [-0.39, 0.29) is 17.7 Å². The Kier molecular flexibility index (Phi) is 5.48. The van der Waals surface area contributed by atoms with E-state index in [2.05, 4.69) is 5.32 Å². The first-order valence-corrected chi connectivity index (χ1v) is 5.80. The Balaban J connectivity index is 4.65. The molecule has 0 aromatic carbocycles. The molecule has 94 valence electrons. The van der Waals surface area contributed by atoms with E-state index in [1.165, 1.54) is 0 Å². The van der Waals surface area contributed by atoms with Crippen LogP contribution in [0.15, 0.2) is 0 Å². The van der Waals surface area contributed by atoms with Crippen molar-refractivity contribution >= 4 is 11.9 Å².